The molecule has 0 aromatic heterocycles. The first-order valence-corrected chi connectivity index (χ1v) is 7.73. The van der Waals surface area contributed by atoms with Crippen molar-refractivity contribution in [2.45, 2.75) is 45.6 Å². The minimum Gasteiger partial charge on any atom is -0.390 e. The number of hydrogen-bond acceptors (Lipinski definition) is 2. The van der Waals surface area contributed by atoms with Crippen LogP contribution in [0.1, 0.15) is 60.7 Å². The Morgan fingerprint density at radius 3 is 2.27 bits per heavy atom. The largest absolute Gasteiger partial charge is 0.390 e. The standard InChI is InChI=1S/C20H24O2/c1-14(2)16-10-11-18(17(12-16)13-20(3,4)22)19(21)15-8-6-5-7-9-15/h5-12,14,22H,13H2,1-4H3. The minimum atomic E-state index is -0.846. The normalized spacial score (nSPS) is 11.7. The molecule has 2 aromatic carbocycles. The van der Waals surface area contributed by atoms with Gasteiger partial charge in [0.05, 0.1) is 5.60 Å². The van der Waals surface area contributed by atoms with E-state index in [-0.39, 0.29) is 5.78 Å². The molecule has 0 aliphatic heterocycles. The maximum atomic E-state index is 12.8. The van der Waals surface area contributed by atoms with Gasteiger partial charge in [0.25, 0.3) is 0 Å². The molecule has 1 N–H and O–H groups in total. The van der Waals surface area contributed by atoms with E-state index in [1.54, 1.807) is 13.8 Å². The van der Waals surface area contributed by atoms with Gasteiger partial charge >= 0.3 is 0 Å². The summed E-state index contributed by atoms with van der Waals surface area (Å²) in [7, 11) is 0. The molecule has 2 rings (SSSR count). The summed E-state index contributed by atoms with van der Waals surface area (Å²) < 4.78 is 0. The molecule has 0 atom stereocenters. The number of ketones is 1. The Morgan fingerprint density at radius 1 is 1.09 bits per heavy atom. The average molecular weight is 296 g/mol. The highest BCUT2D eigenvalue weighted by Gasteiger charge is 2.20. The van der Waals surface area contributed by atoms with Gasteiger partial charge in [0.1, 0.15) is 0 Å². The molecular weight excluding hydrogens is 272 g/mol. The summed E-state index contributed by atoms with van der Waals surface area (Å²) in [6.45, 7) is 7.79. The molecule has 0 amide bonds. The van der Waals surface area contributed by atoms with Crippen molar-refractivity contribution >= 4 is 5.78 Å². The fourth-order valence-corrected chi connectivity index (χ4v) is 2.55. The van der Waals surface area contributed by atoms with Crippen LogP contribution in [0.25, 0.3) is 0 Å². The zero-order chi connectivity index (χ0) is 16.3. The van der Waals surface area contributed by atoms with Gasteiger partial charge in [-0.05, 0) is 30.9 Å². The molecule has 2 aromatic rings. The highest BCUT2D eigenvalue weighted by molar-refractivity contribution is 6.10. The molecule has 0 bridgehead atoms. The molecule has 0 saturated carbocycles. The lowest BCUT2D eigenvalue weighted by atomic mass is 9.88. The van der Waals surface area contributed by atoms with Gasteiger partial charge in [-0.15, -0.1) is 0 Å². The molecule has 22 heavy (non-hydrogen) atoms. The second-order valence-electron chi connectivity index (χ2n) is 6.76. The number of aliphatic hydroxyl groups is 1. The van der Waals surface area contributed by atoms with Crippen LogP contribution in [0.3, 0.4) is 0 Å². The maximum absolute atomic E-state index is 12.8. The van der Waals surface area contributed by atoms with Crippen molar-refractivity contribution in [3.63, 3.8) is 0 Å². The summed E-state index contributed by atoms with van der Waals surface area (Å²) in [5.74, 6) is 0.400. The van der Waals surface area contributed by atoms with Crippen molar-refractivity contribution in [3.05, 3.63) is 70.8 Å². The summed E-state index contributed by atoms with van der Waals surface area (Å²) in [5, 5.41) is 10.2. The lowest BCUT2D eigenvalue weighted by molar-refractivity contribution is 0.0806. The van der Waals surface area contributed by atoms with Crippen LogP contribution in [0.15, 0.2) is 48.5 Å². The van der Waals surface area contributed by atoms with E-state index in [1.807, 2.05) is 42.5 Å². The number of benzene rings is 2. The fraction of sp³-hybridized carbons (Fsp3) is 0.350. The van der Waals surface area contributed by atoms with Gasteiger partial charge in [-0.3, -0.25) is 4.79 Å². The summed E-state index contributed by atoms with van der Waals surface area (Å²) in [5.41, 5.74) is 2.60. The van der Waals surface area contributed by atoms with E-state index in [4.69, 9.17) is 0 Å². The van der Waals surface area contributed by atoms with Gasteiger partial charge in [-0.25, -0.2) is 0 Å². The van der Waals surface area contributed by atoms with E-state index >= 15 is 0 Å². The molecule has 0 saturated heterocycles. The van der Waals surface area contributed by atoms with Crippen LogP contribution >= 0.6 is 0 Å². The van der Waals surface area contributed by atoms with Crippen LogP contribution in [0.4, 0.5) is 0 Å². The Kier molecular flexibility index (Phi) is 4.82. The summed E-state index contributed by atoms with van der Waals surface area (Å²) in [6.07, 6.45) is 0.460. The van der Waals surface area contributed by atoms with Crippen LogP contribution in [-0.4, -0.2) is 16.5 Å². The number of hydrogen-bond donors (Lipinski definition) is 1. The van der Waals surface area contributed by atoms with Crippen LogP contribution in [0.2, 0.25) is 0 Å². The number of carbonyl (C=O) groups excluding carboxylic acids is 1. The highest BCUT2D eigenvalue weighted by Crippen LogP contribution is 2.24. The highest BCUT2D eigenvalue weighted by atomic mass is 16.3. The first-order chi connectivity index (χ1) is 10.3. The van der Waals surface area contributed by atoms with E-state index in [0.717, 1.165) is 5.56 Å². The summed E-state index contributed by atoms with van der Waals surface area (Å²) in [6, 6.07) is 15.2. The quantitative estimate of drug-likeness (QED) is 0.833. The summed E-state index contributed by atoms with van der Waals surface area (Å²) >= 11 is 0. The van der Waals surface area contributed by atoms with E-state index < -0.39 is 5.60 Å². The van der Waals surface area contributed by atoms with E-state index in [9.17, 15) is 9.90 Å². The molecule has 2 heteroatoms. The van der Waals surface area contributed by atoms with Gasteiger partial charge in [-0.1, -0.05) is 62.4 Å². The lowest BCUT2D eigenvalue weighted by Gasteiger charge is -2.20. The van der Waals surface area contributed by atoms with Crippen LogP contribution in [0.5, 0.6) is 0 Å². The van der Waals surface area contributed by atoms with E-state index in [2.05, 4.69) is 19.9 Å². The Hall–Kier alpha value is -1.93. The van der Waals surface area contributed by atoms with Crippen molar-refractivity contribution < 1.29 is 9.90 Å². The third kappa shape index (κ3) is 4.05. The van der Waals surface area contributed by atoms with Crippen LogP contribution in [-0.2, 0) is 6.42 Å². The molecule has 0 spiro atoms. The molecule has 0 heterocycles. The molecule has 0 aliphatic rings. The van der Waals surface area contributed by atoms with Crippen LogP contribution in [0, 0.1) is 0 Å². The predicted octanol–water partition coefficient (Wildman–Crippen LogP) is 4.35. The van der Waals surface area contributed by atoms with Crippen LogP contribution < -0.4 is 0 Å². The van der Waals surface area contributed by atoms with Crippen molar-refractivity contribution in [1.82, 2.24) is 0 Å². The molecule has 0 unspecified atom stereocenters. The topological polar surface area (TPSA) is 37.3 Å². The molecule has 0 radical (unpaired) electrons. The minimum absolute atomic E-state index is 0.00940. The predicted molar refractivity (Wildman–Crippen MR) is 90.4 cm³/mol. The average Bonchev–Trinajstić information content (AvgIpc) is 2.45. The first kappa shape index (κ1) is 16.4. The van der Waals surface area contributed by atoms with Gasteiger partial charge in [0.2, 0.25) is 0 Å². The maximum Gasteiger partial charge on any atom is 0.193 e. The third-order valence-electron chi connectivity index (χ3n) is 3.70. The SMILES string of the molecule is CC(C)c1ccc(C(=O)c2ccccc2)c(CC(C)(C)O)c1. The van der Waals surface area contributed by atoms with Gasteiger partial charge in [-0.2, -0.15) is 0 Å². The third-order valence-corrected chi connectivity index (χ3v) is 3.70. The summed E-state index contributed by atoms with van der Waals surface area (Å²) in [4.78, 5) is 12.8. The first-order valence-electron chi connectivity index (χ1n) is 7.73. The van der Waals surface area contributed by atoms with Gasteiger partial charge < -0.3 is 5.11 Å². The van der Waals surface area contributed by atoms with Crippen molar-refractivity contribution in [2.75, 3.05) is 0 Å². The zero-order valence-electron chi connectivity index (χ0n) is 13.8. The Morgan fingerprint density at radius 2 is 1.73 bits per heavy atom. The Labute approximate surface area is 132 Å². The zero-order valence-corrected chi connectivity index (χ0v) is 13.8. The van der Waals surface area contributed by atoms with Crippen molar-refractivity contribution in [3.8, 4) is 0 Å². The monoisotopic (exact) mass is 296 g/mol. The van der Waals surface area contributed by atoms with Crippen molar-refractivity contribution in [2.24, 2.45) is 0 Å². The Balaban J connectivity index is 2.48. The molecular formula is C20H24O2. The van der Waals surface area contributed by atoms with E-state index in [0.29, 0.717) is 23.5 Å². The Bertz CT molecular complexity index is 649. The van der Waals surface area contributed by atoms with Gasteiger partial charge in [0, 0.05) is 17.5 Å². The van der Waals surface area contributed by atoms with E-state index in [1.165, 1.54) is 5.56 Å². The molecule has 0 aliphatic carbocycles. The number of carbonyl (C=O) groups is 1. The molecule has 0 fully saturated rings. The number of rotatable bonds is 5. The molecule has 2 nitrogen and oxygen atoms in total. The lowest BCUT2D eigenvalue weighted by Crippen LogP contribution is -2.23. The fourth-order valence-electron chi connectivity index (χ4n) is 2.55. The van der Waals surface area contributed by atoms with Crippen molar-refractivity contribution in [1.29, 1.82) is 0 Å². The smallest absolute Gasteiger partial charge is 0.193 e. The second kappa shape index (κ2) is 6.45. The second-order valence-corrected chi connectivity index (χ2v) is 6.76. The van der Waals surface area contributed by atoms with Gasteiger partial charge in [0.15, 0.2) is 5.78 Å². The molecule has 116 valence electrons.